The highest BCUT2D eigenvalue weighted by molar-refractivity contribution is 5.83. The van der Waals surface area contributed by atoms with Gasteiger partial charge in [0.15, 0.2) is 0 Å². The molecular formula is C13H23N3O4. The Labute approximate surface area is 118 Å². The van der Waals surface area contributed by atoms with Gasteiger partial charge in [0.2, 0.25) is 5.91 Å². The van der Waals surface area contributed by atoms with Crippen molar-refractivity contribution in [2.45, 2.75) is 46.2 Å². The van der Waals surface area contributed by atoms with Crippen LogP contribution in [-0.4, -0.2) is 53.1 Å². The van der Waals surface area contributed by atoms with Crippen LogP contribution in [0.4, 0.5) is 4.79 Å². The van der Waals surface area contributed by atoms with Crippen molar-refractivity contribution in [1.29, 1.82) is 0 Å². The van der Waals surface area contributed by atoms with E-state index in [1.165, 1.54) is 11.8 Å². The topological polar surface area (TPSA) is 98.7 Å². The number of rotatable bonds is 3. The van der Waals surface area contributed by atoms with Crippen LogP contribution in [0.15, 0.2) is 0 Å². The lowest BCUT2D eigenvalue weighted by atomic mass is 9.87. The largest absolute Gasteiger partial charge is 0.480 e. The van der Waals surface area contributed by atoms with Crippen molar-refractivity contribution < 1.29 is 19.5 Å². The van der Waals surface area contributed by atoms with E-state index in [0.717, 1.165) is 0 Å². The van der Waals surface area contributed by atoms with Crippen LogP contribution in [0.3, 0.4) is 0 Å². The highest BCUT2D eigenvalue weighted by Crippen LogP contribution is 2.20. The summed E-state index contributed by atoms with van der Waals surface area (Å²) in [6, 6.07) is -1.41. The number of carbonyl (C=O) groups is 3. The number of aliphatic carboxylic acids is 1. The molecule has 3 N–H and O–H groups in total. The number of nitrogens with one attached hydrogen (secondary N) is 2. The molecule has 1 heterocycles. The van der Waals surface area contributed by atoms with E-state index >= 15 is 0 Å². The number of carboxylic acid groups (broad SMARTS) is 1. The Bertz CT molecular complexity index is 403. The molecule has 1 aliphatic rings. The summed E-state index contributed by atoms with van der Waals surface area (Å²) in [4.78, 5) is 35.8. The predicted molar refractivity (Wildman–Crippen MR) is 73.2 cm³/mol. The zero-order valence-corrected chi connectivity index (χ0v) is 12.4. The van der Waals surface area contributed by atoms with Gasteiger partial charge >= 0.3 is 12.0 Å². The van der Waals surface area contributed by atoms with Gasteiger partial charge in [0.25, 0.3) is 0 Å². The minimum Gasteiger partial charge on any atom is -0.480 e. The van der Waals surface area contributed by atoms with E-state index in [1.54, 1.807) is 20.8 Å². The number of urea groups is 1. The zero-order chi connectivity index (χ0) is 15.5. The number of hydrogen-bond acceptors (Lipinski definition) is 3. The molecule has 0 saturated carbocycles. The van der Waals surface area contributed by atoms with Crippen LogP contribution in [-0.2, 0) is 9.59 Å². The molecule has 3 amide bonds. The summed E-state index contributed by atoms with van der Waals surface area (Å²) in [5.41, 5.74) is -0.571. The molecule has 2 unspecified atom stereocenters. The standard InChI is InChI=1S/C13H23N3O4/c1-8(17)14-9-5-6-16(7-9)12(20)15-10(11(18)19)13(2,3)4/h9-10H,5-7H2,1-4H3,(H,14,17)(H,15,20)(H,18,19). The summed E-state index contributed by atoms with van der Waals surface area (Å²) in [7, 11) is 0. The summed E-state index contributed by atoms with van der Waals surface area (Å²) < 4.78 is 0. The number of nitrogens with zero attached hydrogens (tertiary/aromatic N) is 1. The molecule has 0 aliphatic carbocycles. The smallest absolute Gasteiger partial charge is 0.326 e. The Kier molecular flexibility index (Phi) is 4.97. The van der Waals surface area contributed by atoms with Gasteiger partial charge in [0.05, 0.1) is 0 Å². The normalized spacial score (nSPS) is 20.4. The van der Waals surface area contributed by atoms with E-state index in [4.69, 9.17) is 0 Å². The van der Waals surface area contributed by atoms with Gasteiger partial charge in [-0.15, -0.1) is 0 Å². The molecule has 0 aromatic rings. The number of carboxylic acids is 1. The molecule has 7 nitrogen and oxygen atoms in total. The van der Waals surface area contributed by atoms with E-state index in [9.17, 15) is 19.5 Å². The summed E-state index contributed by atoms with van der Waals surface area (Å²) in [6.45, 7) is 7.63. The minimum absolute atomic E-state index is 0.0591. The molecule has 0 aromatic heterocycles. The third kappa shape index (κ3) is 4.40. The molecule has 0 radical (unpaired) electrons. The van der Waals surface area contributed by atoms with E-state index in [0.29, 0.717) is 19.5 Å². The van der Waals surface area contributed by atoms with Crippen molar-refractivity contribution in [1.82, 2.24) is 15.5 Å². The number of likely N-dealkylation sites (tertiary alicyclic amines) is 1. The average Bonchev–Trinajstić information content (AvgIpc) is 2.70. The SMILES string of the molecule is CC(=O)NC1CCN(C(=O)NC(C(=O)O)C(C)(C)C)C1. The van der Waals surface area contributed by atoms with Crippen molar-refractivity contribution in [2.24, 2.45) is 5.41 Å². The fraction of sp³-hybridized carbons (Fsp3) is 0.769. The second-order valence-electron chi connectivity index (χ2n) is 6.22. The maximum absolute atomic E-state index is 12.1. The summed E-state index contributed by atoms with van der Waals surface area (Å²) in [5.74, 6) is -1.18. The van der Waals surface area contributed by atoms with Gasteiger partial charge in [-0.05, 0) is 11.8 Å². The van der Waals surface area contributed by atoms with Gasteiger partial charge in [-0.1, -0.05) is 20.8 Å². The van der Waals surface area contributed by atoms with E-state index < -0.39 is 23.5 Å². The predicted octanol–water partition coefficient (Wildman–Crippen LogP) is 0.406. The minimum atomic E-state index is -1.05. The molecule has 2 atom stereocenters. The van der Waals surface area contributed by atoms with Crippen molar-refractivity contribution >= 4 is 17.9 Å². The maximum atomic E-state index is 12.1. The third-order valence-corrected chi connectivity index (χ3v) is 3.26. The Morgan fingerprint density at radius 3 is 2.35 bits per heavy atom. The molecule has 114 valence electrons. The molecule has 20 heavy (non-hydrogen) atoms. The summed E-state index contributed by atoms with van der Waals surface area (Å²) in [6.07, 6.45) is 0.681. The van der Waals surface area contributed by atoms with Gasteiger partial charge < -0.3 is 20.6 Å². The first kappa shape index (κ1) is 16.3. The lowest BCUT2D eigenvalue weighted by Crippen LogP contribution is -2.53. The Morgan fingerprint density at radius 1 is 1.30 bits per heavy atom. The molecule has 1 rings (SSSR count). The van der Waals surface area contributed by atoms with Gasteiger partial charge in [-0.2, -0.15) is 0 Å². The fourth-order valence-electron chi connectivity index (χ4n) is 2.21. The molecular weight excluding hydrogens is 262 g/mol. The first-order valence-corrected chi connectivity index (χ1v) is 6.66. The average molecular weight is 285 g/mol. The van der Waals surface area contributed by atoms with Crippen molar-refractivity contribution in [3.63, 3.8) is 0 Å². The van der Waals surface area contributed by atoms with Gasteiger partial charge in [-0.25, -0.2) is 9.59 Å². The highest BCUT2D eigenvalue weighted by atomic mass is 16.4. The van der Waals surface area contributed by atoms with Crippen LogP contribution >= 0.6 is 0 Å². The molecule has 0 aromatic carbocycles. The van der Waals surface area contributed by atoms with Gasteiger partial charge in [0, 0.05) is 26.1 Å². The van der Waals surface area contributed by atoms with E-state index in [2.05, 4.69) is 10.6 Å². The molecule has 1 fully saturated rings. The fourth-order valence-corrected chi connectivity index (χ4v) is 2.21. The van der Waals surface area contributed by atoms with Crippen LogP contribution in [0, 0.1) is 5.41 Å². The molecule has 0 spiro atoms. The third-order valence-electron chi connectivity index (χ3n) is 3.26. The lowest BCUT2D eigenvalue weighted by molar-refractivity contribution is -0.142. The molecule has 0 bridgehead atoms. The quantitative estimate of drug-likeness (QED) is 0.699. The van der Waals surface area contributed by atoms with Crippen LogP contribution in [0.2, 0.25) is 0 Å². The maximum Gasteiger partial charge on any atom is 0.326 e. The van der Waals surface area contributed by atoms with E-state index in [1.807, 2.05) is 0 Å². The van der Waals surface area contributed by atoms with Crippen molar-refractivity contribution in [3.05, 3.63) is 0 Å². The Hall–Kier alpha value is -1.79. The summed E-state index contributed by atoms with van der Waals surface area (Å²) in [5, 5.41) is 14.5. The second-order valence-corrected chi connectivity index (χ2v) is 6.22. The van der Waals surface area contributed by atoms with Crippen LogP contribution in [0.1, 0.15) is 34.1 Å². The van der Waals surface area contributed by atoms with Gasteiger partial charge in [-0.3, -0.25) is 4.79 Å². The first-order valence-electron chi connectivity index (χ1n) is 6.66. The monoisotopic (exact) mass is 285 g/mol. The first-order chi connectivity index (χ1) is 9.11. The number of hydrogen-bond donors (Lipinski definition) is 3. The van der Waals surface area contributed by atoms with Gasteiger partial charge in [0.1, 0.15) is 6.04 Å². The van der Waals surface area contributed by atoms with Crippen LogP contribution < -0.4 is 10.6 Å². The van der Waals surface area contributed by atoms with Crippen molar-refractivity contribution in [3.8, 4) is 0 Å². The molecule has 1 aliphatic heterocycles. The summed E-state index contributed by atoms with van der Waals surface area (Å²) >= 11 is 0. The van der Waals surface area contributed by atoms with Crippen LogP contribution in [0.5, 0.6) is 0 Å². The Balaban J connectivity index is 2.59. The second kappa shape index (κ2) is 6.11. The molecule has 1 saturated heterocycles. The Morgan fingerprint density at radius 2 is 1.90 bits per heavy atom. The van der Waals surface area contributed by atoms with Crippen molar-refractivity contribution in [2.75, 3.05) is 13.1 Å². The van der Waals surface area contributed by atoms with E-state index in [-0.39, 0.29) is 11.9 Å². The van der Waals surface area contributed by atoms with Crippen LogP contribution in [0.25, 0.3) is 0 Å². The highest BCUT2D eigenvalue weighted by Gasteiger charge is 2.35. The molecule has 7 heteroatoms. The lowest BCUT2D eigenvalue weighted by Gasteiger charge is -2.29. The number of amides is 3. The number of carbonyl (C=O) groups excluding carboxylic acids is 2. The zero-order valence-electron chi connectivity index (χ0n) is 12.4.